The number of carbonyl (C=O) groups is 1. The first-order valence-corrected chi connectivity index (χ1v) is 12.5. The van der Waals surface area contributed by atoms with Crippen molar-refractivity contribution >= 4 is 17.6 Å². The quantitative estimate of drug-likeness (QED) is 0.324. The van der Waals surface area contributed by atoms with Crippen molar-refractivity contribution < 1.29 is 20.1 Å². The molecule has 3 N–H and O–H groups in total. The number of nitrogens with zero attached hydrogens (tertiary/aromatic N) is 2. The van der Waals surface area contributed by atoms with Crippen LogP contribution in [0.1, 0.15) is 54.5 Å². The standard InChI is InChI=1S/C28H33ClN2O4/c1-18-14-20(5-6-21(18)4-3-13-30-26(32)11-12-27(30)33)17-31(25-15-23(16-25)28(34)35)19(2)22-7-9-24(29)10-8-22/h5-12,14,19,23,25,32-33H,3-4,13,15-17H2,1-2H3,(H,34,35)/t19-,23?,25?/m1/s1. The van der Waals surface area contributed by atoms with Crippen molar-refractivity contribution in [2.24, 2.45) is 5.92 Å². The first-order valence-electron chi connectivity index (χ1n) is 12.1. The Balaban J connectivity index is 1.44. The third-order valence-corrected chi connectivity index (χ3v) is 7.57. The Labute approximate surface area is 211 Å². The van der Waals surface area contributed by atoms with Gasteiger partial charge in [0.25, 0.3) is 0 Å². The SMILES string of the molecule is Cc1cc(CN(C2CC(C(=O)O)C2)[C@H](C)c2ccc(Cl)cc2)ccc1CCCn1c(O)ccc1O. The number of halogens is 1. The molecule has 0 saturated heterocycles. The van der Waals surface area contributed by atoms with Crippen molar-refractivity contribution in [3.05, 3.63) is 81.9 Å². The summed E-state index contributed by atoms with van der Waals surface area (Å²) >= 11 is 6.09. The van der Waals surface area contributed by atoms with Crippen molar-refractivity contribution in [1.29, 1.82) is 0 Å². The fourth-order valence-electron chi connectivity index (χ4n) is 5.03. The summed E-state index contributed by atoms with van der Waals surface area (Å²) in [6.45, 7) is 5.57. The Hall–Kier alpha value is -2.96. The van der Waals surface area contributed by atoms with Gasteiger partial charge in [-0.15, -0.1) is 0 Å². The number of aromatic hydroxyl groups is 2. The van der Waals surface area contributed by atoms with Gasteiger partial charge in [0, 0.05) is 42.3 Å². The Bertz CT molecular complexity index is 1150. The van der Waals surface area contributed by atoms with E-state index in [9.17, 15) is 20.1 Å². The highest BCUT2D eigenvalue weighted by Gasteiger charge is 2.39. The van der Waals surface area contributed by atoms with Gasteiger partial charge in [-0.1, -0.05) is 41.9 Å². The average Bonchev–Trinajstić information content (AvgIpc) is 3.10. The molecule has 0 aliphatic heterocycles. The predicted octanol–water partition coefficient (Wildman–Crippen LogP) is 5.92. The highest BCUT2D eigenvalue weighted by molar-refractivity contribution is 6.30. The number of aromatic nitrogens is 1. The molecule has 0 amide bonds. The topological polar surface area (TPSA) is 85.9 Å². The van der Waals surface area contributed by atoms with E-state index in [-0.39, 0.29) is 29.8 Å². The Morgan fingerprint density at radius 2 is 1.74 bits per heavy atom. The molecule has 1 saturated carbocycles. The second kappa shape index (κ2) is 10.8. The molecule has 4 rings (SSSR count). The van der Waals surface area contributed by atoms with Crippen LogP contribution < -0.4 is 0 Å². The highest BCUT2D eigenvalue weighted by Crippen LogP contribution is 2.38. The molecule has 35 heavy (non-hydrogen) atoms. The molecule has 7 heteroatoms. The van der Waals surface area contributed by atoms with Crippen molar-refractivity contribution in [2.45, 2.75) is 64.7 Å². The molecular formula is C28H33ClN2O4. The zero-order chi connectivity index (χ0) is 25.1. The van der Waals surface area contributed by atoms with Gasteiger partial charge >= 0.3 is 5.97 Å². The molecule has 3 aromatic rings. The van der Waals surface area contributed by atoms with E-state index in [0.29, 0.717) is 24.4 Å². The molecule has 1 aliphatic carbocycles. The van der Waals surface area contributed by atoms with Crippen molar-refractivity contribution in [1.82, 2.24) is 9.47 Å². The summed E-state index contributed by atoms with van der Waals surface area (Å²) in [6, 6.07) is 17.8. The summed E-state index contributed by atoms with van der Waals surface area (Å²) in [4.78, 5) is 13.8. The Morgan fingerprint density at radius 3 is 2.34 bits per heavy atom. The van der Waals surface area contributed by atoms with Crippen LogP contribution in [0.15, 0.2) is 54.6 Å². The molecule has 1 atom stereocenters. The van der Waals surface area contributed by atoms with E-state index in [1.165, 1.54) is 33.4 Å². The van der Waals surface area contributed by atoms with E-state index in [0.717, 1.165) is 24.9 Å². The molecule has 1 aromatic heterocycles. The molecule has 1 fully saturated rings. The summed E-state index contributed by atoms with van der Waals surface area (Å²) in [5.74, 6) is -0.818. The number of carboxylic acids is 1. The second-order valence-electron chi connectivity index (χ2n) is 9.63. The van der Waals surface area contributed by atoms with Gasteiger partial charge in [-0.05, 0) is 73.9 Å². The summed E-state index contributed by atoms with van der Waals surface area (Å²) in [7, 11) is 0. The number of aliphatic carboxylic acids is 1. The third-order valence-electron chi connectivity index (χ3n) is 7.32. The van der Waals surface area contributed by atoms with E-state index in [4.69, 9.17) is 11.6 Å². The van der Waals surface area contributed by atoms with Crippen molar-refractivity contribution in [2.75, 3.05) is 0 Å². The predicted molar refractivity (Wildman–Crippen MR) is 137 cm³/mol. The van der Waals surface area contributed by atoms with E-state index in [1.807, 2.05) is 24.3 Å². The van der Waals surface area contributed by atoms with Crippen LogP contribution in [-0.2, 0) is 24.3 Å². The van der Waals surface area contributed by atoms with Gasteiger partial charge in [0.15, 0.2) is 11.8 Å². The van der Waals surface area contributed by atoms with Crippen LogP contribution in [0.4, 0.5) is 0 Å². The normalized spacial score (nSPS) is 18.4. The van der Waals surface area contributed by atoms with Crippen LogP contribution in [0, 0.1) is 12.8 Å². The fraction of sp³-hybridized carbons (Fsp3) is 0.393. The van der Waals surface area contributed by atoms with Crippen LogP contribution in [0.5, 0.6) is 11.8 Å². The molecule has 1 aliphatic rings. The number of hydrogen-bond donors (Lipinski definition) is 3. The van der Waals surface area contributed by atoms with Gasteiger partial charge < -0.3 is 15.3 Å². The van der Waals surface area contributed by atoms with Gasteiger partial charge in [0.2, 0.25) is 0 Å². The molecular weight excluding hydrogens is 464 g/mol. The first-order chi connectivity index (χ1) is 16.7. The lowest BCUT2D eigenvalue weighted by Crippen LogP contribution is -2.47. The Kier molecular flexibility index (Phi) is 7.72. The third kappa shape index (κ3) is 5.82. The van der Waals surface area contributed by atoms with Crippen LogP contribution in [0.2, 0.25) is 5.02 Å². The van der Waals surface area contributed by atoms with Gasteiger partial charge in [0.05, 0.1) is 5.92 Å². The minimum absolute atomic E-state index is 0.0746. The van der Waals surface area contributed by atoms with Crippen LogP contribution in [0.3, 0.4) is 0 Å². The number of rotatable bonds is 10. The summed E-state index contributed by atoms with van der Waals surface area (Å²) in [5.41, 5.74) is 4.82. The molecule has 186 valence electrons. The number of aryl methyl sites for hydroxylation is 2. The maximum Gasteiger partial charge on any atom is 0.306 e. The zero-order valence-corrected chi connectivity index (χ0v) is 20.9. The number of hydrogen-bond acceptors (Lipinski definition) is 4. The van der Waals surface area contributed by atoms with Gasteiger partial charge in [-0.25, -0.2) is 0 Å². The van der Waals surface area contributed by atoms with E-state index < -0.39 is 5.97 Å². The first kappa shape index (κ1) is 25.1. The summed E-state index contributed by atoms with van der Waals surface area (Å²) in [6.07, 6.45) is 2.98. The molecule has 0 unspecified atom stereocenters. The monoisotopic (exact) mass is 496 g/mol. The highest BCUT2D eigenvalue weighted by atomic mass is 35.5. The van der Waals surface area contributed by atoms with Crippen LogP contribution in [-0.4, -0.2) is 36.8 Å². The van der Waals surface area contributed by atoms with Crippen molar-refractivity contribution in [3.8, 4) is 11.8 Å². The molecule has 0 radical (unpaired) electrons. The van der Waals surface area contributed by atoms with Gasteiger partial charge in [-0.3, -0.25) is 14.3 Å². The van der Waals surface area contributed by atoms with E-state index in [1.54, 1.807) is 0 Å². The zero-order valence-electron chi connectivity index (χ0n) is 20.2. The fourth-order valence-corrected chi connectivity index (χ4v) is 5.15. The van der Waals surface area contributed by atoms with Crippen LogP contribution in [0.25, 0.3) is 0 Å². The lowest BCUT2D eigenvalue weighted by Gasteiger charge is -2.44. The summed E-state index contributed by atoms with van der Waals surface area (Å²) in [5, 5.41) is 29.7. The van der Waals surface area contributed by atoms with E-state index >= 15 is 0 Å². The molecule has 2 aromatic carbocycles. The minimum atomic E-state index is -0.706. The molecule has 0 spiro atoms. The Morgan fingerprint density at radius 1 is 1.09 bits per heavy atom. The number of carboxylic acid groups (broad SMARTS) is 1. The van der Waals surface area contributed by atoms with Gasteiger partial charge in [-0.2, -0.15) is 0 Å². The van der Waals surface area contributed by atoms with Crippen molar-refractivity contribution in [3.63, 3.8) is 0 Å². The molecule has 0 bridgehead atoms. The number of benzene rings is 2. The maximum atomic E-state index is 11.4. The van der Waals surface area contributed by atoms with Crippen LogP contribution >= 0.6 is 11.6 Å². The molecule has 6 nitrogen and oxygen atoms in total. The molecule has 1 heterocycles. The largest absolute Gasteiger partial charge is 0.494 e. The second-order valence-corrected chi connectivity index (χ2v) is 10.1. The lowest BCUT2D eigenvalue weighted by atomic mass is 9.78. The maximum absolute atomic E-state index is 11.4. The average molecular weight is 497 g/mol. The van der Waals surface area contributed by atoms with E-state index in [2.05, 4.69) is 36.9 Å². The lowest BCUT2D eigenvalue weighted by molar-refractivity contribution is -0.147. The summed E-state index contributed by atoms with van der Waals surface area (Å²) < 4.78 is 1.50. The van der Waals surface area contributed by atoms with Gasteiger partial charge in [0.1, 0.15) is 0 Å². The smallest absolute Gasteiger partial charge is 0.306 e. The minimum Gasteiger partial charge on any atom is -0.494 e.